The van der Waals surface area contributed by atoms with Gasteiger partial charge in [0.1, 0.15) is 0 Å². The van der Waals surface area contributed by atoms with Crippen LogP contribution in [0.1, 0.15) is 45.6 Å². The van der Waals surface area contributed by atoms with Crippen molar-refractivity contribution in [3.63, 3.8) is 0 Å². The van der Waals surface area contributed by atoms with Crippen molar-refractivity contribution in [2.45, 2.75) is 57.7 Å². The third kappa shape index (κ3) is 3.26. The molecule has 2 atom stereocenters. The number of nitrogens with two attached hydrogens (primary N) is 1. The van der Waals surface area contributed by atoms with E-state index in [1.54, 1.807) is 6.20 Å². The maximum absolute atomic E-state index is 6.25. The molecule has 1 aliphatic carbocycles. The first kappa shape index (κ1) is 16.9. The smallest absolute Gasteiger partial charge is 0.223 e. The van der Waals surface area contributed by atoms with E-state index >= 15 is 0 Å². The number of anilines is 1. The van der Waals surface area contributed by atoms with Crippen LogP contribution in [0.15, 0.2) is 31.0 Å². The van der Waals surface area contributed by atoms with Crippen LogP contribution in [-0.2, 0) is 0 Å². The van der Waals surface area contributed by atoms with E-state index in [0.717, 1.165) is 34.9 Å². The van der Waals surface area contributed by atoms with Gasteiger partial charge in [0.25, 0.3) is 0 Å². The lowest BCUT2D eigenvalue weighted by molar-refractivity contribution is 0.402. The molecule has 3 aromatic heterocycles. The molecular formula is C19H25N7. The fraction of sp³-hybridized carbons (Fsp3) is 0.474. The van der Waals surface area contributed by atoms with Crippen LogP contribution in [0, 0.1) is 0 Å². The van der Waals surface area contributed by atoms with Crippen molar-refractivity contribution in [2.24, 2.45) is 5.73 Å². The molecule has 136 valence electrons. The number of nitrogens with one attached hydrogen (secondary N) is 1. The summed E-state index contributed by atoms with van der Waals surface area (Å²) in [6.45, 7) is 4.21. The number of hydrogen-bond donors (Lipinski definition) is 2. The van der Waals surface area contributed by atoms with Crippen LogP contribution in [0.25, 0.3) is 22.0 Å². The molecule has 0 aliphatic heterocycles. The van der Waals surface area contributed by atoms with E-state index in [2.05, 4.69) is 34.2 Å². The van der Waals surface area contributed by atoms with Gasteiger partial charge in [-0.05, 0) is 26.7 Å². The van der Waals surface area contributed by atoms with Crippen LogP contribution in [0.2, 0.25) is 0 Å². The molecule has 0 unspecified atom stereocenters. The number of fused-ring (bicyclic) bond motifs is 1. The summed E-state index contributed by atoms with van der Waals surface area (Å²) in [6, 6.07) is 0.700. The van der Waals surface area contributed by atoms with Crippen molar-refractivity contribution in [3.8, 4) is 11.1 Å². The van der Waals surface area contributed by atoms with Crippen molar-refractivity contribution in [3.05, 3.63) is 31.0 Å². The molecule has 0 saturated heterocycles. The summed E-state index contributed by atoms with van der Waals surface area (Å²) in [5.41, 5.74) is 9.11. The third-order valence-electron chi connectivity index (χ3n) is 5.06. The number of nitrogens with zero attached hydrogens (tertiary/aromatic N) is 5. The molecule has 7 heteroatoms. The van der Waals surface area contributed by atoms with Crippen LogP contribution in [0.3, 0.4) is 0 Å². The summed E-state index contributed by atoms with van der Waals surface area (Å²) in [7, 11) is 0. The molecule has 3 heterocycles. The summed E-state index contributed by atoms with van der Waals surface area (Å²) in [5, 5.41) is 8.79. The average molecular weight is 351 g/mol. The van der Waals surface area contributed by atoms with Gasteiger partial charge in [0.2, 0.25) is 5.95 Å². The predicted molar refractivity (Wildman–Crippen MR) is 103 cm³/mol. The van der Waals surface area contributed by atoms with Gasteiger partial charge < -0.3 is 11.1 Å². The van der Waals surface area contributed by atoms with Gasteiger partial charge in [-0.2, -0.15) is 5.10 Å². The molecule has 0 radical (unpaired) electrons. The van der Waals surface area contributed by atoms with Crippen LogP contribution in [-0.4, -0.2) is 36.8 Å². The monoisotopic (exact) mass is 351 g/mol. The lowest BCUT2D eigenvalue weighted by Gasteiger charge is -2.29. The van der Waals surface area contributed by atoms with E-state index < -0.39 is 0 Å². The van der Waals surface area contributed by atoms with Gasteiger partial charge in [-0.3, -0.25) is 9.67 Å². The minimum absolute atomic E-state index is 0.157. The van der Waals surface area contributed by atoms with Crippen molar-refractivity contribution in [1.82, 2.24) is 24.7 Å². The average Bonchev–Trinajstić information content (AvgIpc) is 3.13. The molecular weight excluding hydrogens is 326 g/mol. The Kier molecular flexibility index (Phi) is 4.55. The van der Waals surface area contributed by atoms with Crippen molar-refractivity contribution >= 4 is 16.9 Å². The lowest BCUT2D eigenvalue weighted by atomic mass is 9.91. The minimum atomic E-state index is 0.157. The molecule has 0 aromatic carbocycles. The van der Waals surface area contributed by atoms with E-state index in [-0.39, 0.29) is 12.1 Å². The second-order valence-electron chi connectivity index (χ2n) is 7.32. The maximum Gasteiger partial charge on any atom is 0.223 e. The van der Waals surface area contributed by atoms with Gasteiger partial charge >= 0.3 is 0 Å². The van der Waals surface area contributed by atoms with Gasteiger partial charge in [-0.15, -0.1) is 0 Å². The first-order valence-electron chi connectivity index (χ1n) is 9.29. The van der Waals surface area contributed by atoms with E-state index in [1.807, 2.05) is 29.5 Å². The Balaban J connectivity index is 1.69. The summed E-state index contributed by atoms with van der Waals surface area (Å²) in [4.78, 5) is 13.6. The molecule has 7 nitrogen and oxygen atoms in total. The van der Waals surface area contributed by atoms with Gasteiger partial charge in [0, 0.05) is 59.4 Å². The summed E-state index contributed by atoms with van der Waals surface area (Å²) < 4.78 is 1.94. The fourth-order valence-electron chi connectivity index (χ4n) is 3.50. The standard InChI is InChI=1S/C19H25N7/c1-12(2)26-11-14(9-23-26)15-10-21-7-13-8-22-19(25-18(13)15)24-17-6-4-3-5-16(17)20/h7-12,16-17H,3-6,20H2,1-2H3,(H,22,24,25)/t16-,17+/m0/s1. The van der Waals surface area contributed by atoms with Crippen LogP contribution < -0.4 is 11.1 Å². The van der Waals surface area contributed by atoms with E-state index in [1.165, 1.54) is 12.8 Å². The molecule has 0 amide bonds. The Bertz CT molecular complexity index is 902. The lowest BCUT2D eigenvalue weighted by Crippen LogP contribution is -2.42. The van der Waals surface area contributed by atoms with Crippen molar-refractivity contribution < 1.29 is 0 Å². The molecule has 4 rings (SSSR count). The zero-order chi connectivity index (χ0) is 18.1. The van der Waals surface area contributed by atoms with Gasteiger partial charge in [-0.1, -0.05) is 12.8 Å². The quantitative estimate of drug-likeness (QED) is 0.750. The van der Waals surface area contributed by atoms with Gasteiger partial charge in [0.15, 0.2) is 0 Å². The van der Waals surface area contributed by atoms with Gasteiger partial charge in [-0.25, -0.2) is 9.97 Å². The molecule has 3 N–H and O–H groups in total. The molecule has 0 bridgehead atoms. The summed E-state index contributed by atoms with van der Waals surface area (Å²) in [6.07, 6.45) is 13.9. The highest BCUT2D eigenvalue weighted by Crippen LogP contribution is 2.27. The first-order valence-corrected chi connectivity index (χ1v) is 9.29. The number of aromatic nitrogens is 5. The van der Waals surface area contributed by atoms with E-state index in [4.69, 9.17) is 10.7 Å². The largest absolute Gasteiger partial charge is 0.350 e. The Hall–Kier alpha value is -2.54. The molecule has 3 aromatic rings. The Morgan fingerprint density at radius 3 is 2.77 bits per heavy atom. The SMILES string of the molecule is CC(C)n1cc(-c2cncc3cnc(N[C@@H]4CCCC[C@@H]4N)nc23)cn1. The molecule has 1 fully saturated rings. The zero-order valence-electron chi connectivity index (χ0n) is 15.3. The Labute approximate surface area is 153 Å². The zero-order valence-corrected chi connectivity index (χ0v) is 15.3. The van der Waals surface area contributed by atoms with Crippen LogP contribution in [0.4, 0.5) is 5.95 Å². The normalized spacial score (nSPS) is 20.6. The fourth-order valence-corrected chi connectivity index (χ4v) is 3.50. The number of hydrogen-bond acceptors (Lipinski definition) is 6. The second-order valence-corrected chi connectivity index (χ2v) is 7.32. The van der Waals surface area contributed by atoms with Gasteiger partial charge in [0.05, 0.1) is 11.7 Å². The minimum Gasteiger partial charge on any atom is -0.350 e. The first-order chi connectivity index (χ1) is 12.6. The van der Waals surface area contributed by atoms with Crippen LogP contribution in [0.5, 0.6) is 0 Å². The predicted octanol–water partition coefficient (Wildman–Crippen LogP) is 3.15. The van der Waals surface area contributed by atoms with E-state index in [9.17, 15) is 0 Å². The molecule has 0 spiro atoms. The molecule has 26 heavy (non-hydrogen) atoms. The van der Waals surface area contributed by atoms with Crippen molar-refractivity contribution in [1.29, 1.82) is 0 Å². The molecule has 1 aliphatic rings. The highest BCUT2D eigenvalue weighted by atomic mass is 15.3. The van der Waals surface area contributed by atoms with E-state index in [0.29, 0.717) is 12.0 Å². The van der Waals surface area contributed by atoms with Crippen molar-refractivity contribution in [2.75, 3.05) is 5.32 Å². The summed E-state index contributed by atoms with van der Waals surface area (Å²) in [5.74, 6) is 0.628. The van der Waals surface area contributed by atoms with Crippen LogP contribution >= 0.6 is 0 Å². The molecule has 1 saturated carbocycles. The Morgan fingerprint density at radius 1 is 1.15 bits per heavy atom. The highest BCUT2D eigenvalue weighted by molar-refractivity contribution is 5.92. The number of rotatable bonds is 4. The number of pyridine rings is 1. The third-order valence-corrected chi connectivity index (χ3v) is 5.06. The Morgan fingerprint density at radius 2 is 2.00 bits per heavy atom. The maximum atomic E-state index is 6.25. The highest BCUT2D eigenvalue weighted by Gasteiger charge is 2.22. The topological polar surface area (TPSA) is 94.5 Å². The summed E-state index contributed by atoms with van der Waals surface area (Å²) >= 11 is 0. The second kappa shape index (κ2) is 6.99.